The minimum Gasteiger partial charge on any atom is -0.504 e. The predicted octanol–water partition coefficient (Wildman–Crippen LogP) is 1.12. The van der Waals surface area contributed by atoms with Crippen molar-refractivity contribution in [3.05, 3.63) is 34.9 Å². The molecule has 23 heavy (non-hydrogen) atoms. The Balaban J connectivity index is 0.00000146. The number of phenolic OH excluding ortho intramolecular Hbond substituents is 1. The molecule has 0 saturated carbocycles. The maximum Gasteiger partial charge on any atom is 1.00 e. The van der Waals surface area contributed by atoms with Crippen molar-refractivity contribution in [3.63, 3.8) is 0 Å². The highest BCUT2D eigenvalue weighted by atomic mass is 16.5. The van der Waals surface area contributed by atoms with Crippen LogP contribution in [0.4, 0.5) is 0 Å². The summed E-state index contributed by atoms with van der Waals surface area (Å²) >= 11 is 0. The molecule has 2 heterocycles. The number of hydrogen-bond donors (Lipinski definition) is 2. The Kier molecular flexibility index (Phi) is 2.46. The van der Waals surface area contributed by atoms with Crippen molar-refractivity contribution in [2.75, 3.05) is 13.6 Å². The third-order valence-corrected chi connectivity index (χ3v) is 6.44. The monoisotopic (exact) mass is 314 g/mol. The molecule has 2 N–H and O–H groups in total. The Bertz CT molecular complexity index is 764. The first kappa shape index (κ1) is 13.6. The summed E-state index contributed by atoms with van der Waals surface area (Å²) in [6.45, 7) is 0.923. The van der Waals surface area contributed by atoms with Gasteiger partial charge in [0.15, 0.2) is 11.5 Å². The summed E-state index contributed by atoms with van der Waals surface area (Å²) in [7, 11) is 2.12. The van der Waals surface area contributed by atoms with Crippen LogP contribution in [0.25, 0.3) is 0 Å². The van der Waals surface area contributed by atoms with Crippen LogP contribution in [0.2, 0.25) is 0 Å². The van der Waals surface area contributed by atoms with Gasteiger partial charge in [0.05, 0.1) is 0 Å². The number of aromatic hydroxyl groups is 1. The second-order valence-electron chi connectivity index (χ2n) is 7.27. The topological polar surface area (TPSA) is 70.0 Å². The Morgan fingerprint density at radius 3 is 3.09 bits per heavy atom. The van der Waals surface area contributed by atoms with Crippen molar-refractivity contribution in [3.8, 4) is 11.5 Å². The van der Waals surface area contributed by atoms with Crippen LogP contribution >= 0.6 is 0 Å². The van der Waals surface area contributed by atoms with Gasteiger partial charge in [-0.15, -0.1) is 0 Å². The molecule has 0 unspecified atom stereocenters. The second kappa shape index (κ2) is 4.16. The van der Waals surface area contributed by atoms with E-state index in [0.29, 0.717) is 17.4 Å². The Morgan fingerprint density at radius 1 is 1.48 bits per heavy atom. The SMILES string of the molecule is CN1CC[C@]23c4c5c(C=O)cc(O)c4O[C@H]2[C@@H](O)C=C[C@H]3[C@H]1C5.[H+]. The van der Waals surface area contributed by atoms with E-state index in [1.165, 1.54) is 6.07 Å². The summed E-state index contributed by atoms with van der Waals surface area (Å²) in [4.78, 5) is 13.9. The minimum atomic E-state index is -0.687. The normalized spacial score (nSPS) is 39.7. The van der Waals surface area contributed by atoms with Crippen molar-refractivity contribution in [1.82, 2.24) is 4.90 Å². The van der Waals surface area contributed by atoms with Gasteiger partial charge < -0.3 is 19.8 Å². The van der Waals surface area contributed by atoms with Gasteiger partial charge >= 0.3 is 1.43 Å². The highest BCUT2D eigenvalue weighted by Gasteiger charge is 2.64. The van der Waals surface area contributed by atoms with Gasteiger partial charge in [-0.3, -0.25) is 4.79 Å². The van der Waals surface area contributed by atoms with Crippen LogP contribution in [-0.4, -0.2) is 53.2 Å². The number of piperidine rings is 1. The fourth-order valence-corrected chi connectivity index (χ4v) is 5.46. The van der Waals surface area contributed by atoms with E-state index in [9.17, 15) is 15.0 Å². The van der Waals surface area contributed by atoms with Crippen LogP contribution in [0.3, 0.4) is 0 Å². The maximum absolute atomic E-state index is 11.5. The van der Waals surface area contributed by atoms with Gasteiger partial charge in [-0.2, -0.15) is 0 Å². The number of phenols is 1. The molecule has 1 aromatic carbocycles. The van der Waals surface area contributed by atoms with E-state index in [0.717, 1.165) is 36.8 Å². The smallest absolute Gasteiger partial charge is 0.504 e. The van der Waals surface area contributed by atoms with E-state index in [1.807, 2.05) is 6.08 Å². The highest BCUT2D eigenvalue weighted by molar-refractivity contribution is 5.82. The van der Waals surface area contributed by atoms with E-state index in [2.05, 4.69) is 18.0 Å². The van der Waals surface area contributed by atoms with E-state index >= 15 is 0 Å². The molecular formula is C18H20NO4+. The molecule has 5 heteroatoms. The molecule has 2 bridgehead atoms. The molecule has 0 aromatic heterocycles. The number of carbonyl (C=O) groups excluding carboxylic acids is 1. The van der Waals surface area contributed by atoms with Crippen molar-refractivity contribution in [2.24, 2.45) is 5.92 Å². The molecule has 5 atom stereocenters. The summed E-state index contributed by atoms with van der Waals surface area (Å²) in [6.07, 6.45) is 5.34. The maximum atomic E-state index is 11.5. The molecule has 1 spiro atoms. The molecule has 4 aliphatic rings. The van der Waals surface area contributed by atoms with E-state index in [-0.39, 0.29) is 24.6 Å². The number of aliphatic hydroxyl groups excluding tert-OH is 1. The Labute approximate surface area is 135 Å². The third-order valence-electron chi connectivity index (χ3n) is 6.44. The summed E-state index contributed by atoms with van der Waals surface area (Å²) in [5.74, 6) is 0.731. The van der Waals surface area contributed by atoms with Crippen LogP contribution in [0.1, 0.15) is 29.3 Å². The summed E-state index contributed by atoms with van der Waals surface area (Å²) < 4.78 is 6.07. The first-order valence-electron chi connectivity index (χ1n) is 8.15. The van der Waals surface area contributed by atoms with Gasteiger partial charge in [0.1, 0.15) is 18.5 Å². The number of nitrogens with zero attached hydrogens (tertiary/aromatic N) is 1. The summed E-state index contributed by atoms with van der Waals surface area (Å²) in [6, 6.07) is 1.80. The minimum absolute atomic E-state index is 0. The standard InChI is InChI=1S/C18H19NO4/c1-19-5-4-18-11-2-3-13(21)17(18)23-16-14(22)6-9(8-20)10(15(16)18)7-12(11)19/h2-3,6,8,11-13,17,21-22H,4-5,7H2,1H3/p+1/t11-,12+,13-,17-,18-/m0/s1. The number of carbonyl (C=O) groups is 1. The van der Waals surface area contributed by atoms with Crippen LogP contribution < -0.4 is 4.74 Å². The van der Waals surface area contributed by atoms with Crippen molar-refractivity contribution < 1.29 is 21.2 Å². The first-order valence-corrected chi connectivity index (χ1v) is 8.15. The fourth-order valence-electron chi connectivity index (χ4n) is 5.46. The molecule has 0 radical (unpaired) electrons. The average molecular weight is 314 g/mol. The molecule has 1 fully saturated rings. The van der Waals surface area contributed by atoms with Crippen LogP contribution in [-0.2, 0) is 11.8 Å². The number of likely N-dealkylation sites (tertiary alicyclic amines) is 1. The van der Waals surface area contributed by atoms with Gasteiger partial charge in [-0.1, -0.05) is 12.2 Å². The van der Waals surface area contributed by atoms with Crippen LogP contribution in [0.15, 0.2) is 18.2 Å². The largest absolute Gasteiger partial charge is 1.00 e. The molecule has 5 nitrogen and oxygen atoms in total. The van der Waals surface area contributed by atoms with Gasteiger partial charge in [0.25, 0.3) is 0 Å². The zero-order valence-electron chi connectivity index (χ0n) is 13.9. The van der Waals surface area contributed by atoms with E-state index in [1.54, 1.807) is 0 Å². The predicted molar refractivity (Wildman–Crippen MR) is 84.1 cm³/mol. The Hall–Kier alpha value is -1.85. The zero-order chi connectivity index (χ0) is 15.9. The van der Waals surface area contributed by atoms with E-state index < -0.39 is 6.10 Å². The van der Waals surface area contributed by atoms with Crippen LogP contribution in [0, 0.1) is 5.92 Å². The van der Waals surface area contributed by atoms with Crippen molar-refractivity contribution in [2.45, 2.75) is 36.5 Å². The Morgan fingerprint density at radius 2 is 2.30 bits per heavy atom. The average Bonchev–Trinajstić information content (AvgIpc) is 2.89. The number of likely N-dealkylation sites (N-methyl/N-ethyl adjacent to an activating group) is 1. The lowest BCUT2D eigenvalue weighted by atomic mass is 9.53. The highest BCUT2D eigenvalue weighted by Crippen LogP contribution is 2.62. The lowest BCUT2D eigenvalue weighted by Crippen LogP contribution is -2.64. The van der Waals surface area contributed by atoms with Gasteiger partial charge in [-0.25, -0.2) is 0 Å². The van der Waals surface area contributed by atoms with Crippen molar-refractivity contribution in [1.29, 1.82) is 0 Å². The molecule has 0 amide bonds. The molecular weight excluding hydrogens is 294 g/mol. The quantitative estimate of drug-likeness (QED) is 0.600. The number of hydrogen-bond acceptors (Lipinski definition) is 5. The summed E-state index contributed by atoms with van der Waals surface area (Å²) in [5, 5.41) is 20.9. The molecule has 2 aliphatic carbocycles. The van der Waals surface area contributed by atoms with Gasteiger partial charge in [0.2, 0.25) is 0 Å². The number of rotatable bonds is 1. The zero-order valence-corrected chi connectivity index (χ0v) is 12.9. The van der Waals surface area contributed by atoms with Crippen molar-refractivity contribution >= 4 is 6.29 Å². The lowest BCUT2D eigenvalue weighted by Gasteiger charge is -2.56. The third kappa shape index (κ3) is 1.39. The number of benzene rings is 1. The molecule has 2 aliphatic heterocycles. The second-order valence-corrected chi connectivity index (χ2v) is 7.27. The number of aliphatic hydroxyl groups is 1. The fraction of sp³-hybridized carbons (Fsp3) is 0.500. The van der Waals surface area contributed by atoms with Gasteiger partial charge in [-0.05, 0) is 38.1 Å². The molecule has 120 valence electrons. The van der Waals surface area contributed by atoms with Crippen LogP contribution in [0.5, 0.6) is 11.5 Å². The first-order chi connectivity index (χ1) is 11.1. The summed E-state index contributed by atoms with van der Waals surface area (Å²) in [5.41, 5.74) is 2.19. The molecule has 5 rings (SSSR count). The van der Waals surface area contributed by atoms with E-state index in [4.69, 9.17) is 4.74 Å². The molecule has 1 saturated heterocycles. The van der Waals surface area contributed by atoms with Gasteiger partial charge in [0, 0.05) is 28.5 Å². The molecule has 1 aromatic rings. The number of aldehydes is 1. The number of ether oxygens (including phenoxy) is 1. The lowest BCUT2D eigenvalue weighted by molar-refractivity contribution is -0.0453.